The number of non-ortho nitro benzene ring substituents is 1. The van der Waals surface area contributed by atoms with Gasteiger partial charge in [0, 0.05) is 31.8 Å². The van der Waals surface area contributed by atoms with E-state index < -0.39 is 4.92 Å². The van der Waals surface area contributed by atoms with Crippen LogP contribution in [0.2, 0.25) is 5.02 Å². The Morgan fingerprint density at radius 3 is 2.33 bits per heavy atom. The van der Waals surface area contributed by atoms with Crippen molar-refractivity contribution < 1.29 is 4.92 Å². The van der Waals surface area contributed by atoms with Gasteiger partial charge in [0.2, 0.25) is 0 Å². The highest BCUT2D eigenvalue weighted by atomic mass is 35.5. The maximum Gasteiger partial charge on any atom is 0.271 e. The molecule has 0 atom stereocenters. The number of rotatable bonds is 8. The van der Waals surface area contributed by atoms with Crippen molar-refractivity contribution >= 4 is 35.4 Å². The van der Waals surface area contributed by atoms with Gasteiger partial charge in [-0.3, -0.25) is 10.1 Å². The molecule has 7 heteroatoms. The van der Waals surface area contributed by atoms with Crippen molar-refractivity contribution in [1.82, 2.24) is 5.32 Å². The van der Waals surface area contributed by atoms with Crippen LogP contribution in [0.3, 0.4) is 0 Å². The summed E-state index contributed by atoms with van der Waals surface area (Å²) in [4.78, 5) is 10.2. The highest BCUT2D eigenvalue weighted by Crippen LogP contribution is 2.26. The molecule has 0 amide bonds. The molecule has 0 aliphatic rings. The molecule has 130 valence electrons. The number of nitrogens with zero attached hydrogens (tertiary/aromatic N) is 1. The SMILES string of the molecule is CCc1ccc(CNCCNc2ccc([N+](=O)[O-])cc2Cl)cc1.Cl. The summed E-state index contributed by atoms with van der Waals surface area (Å²) in [5, 5.41) is 17.5. The van der Waals surface area contributed by atoms with E-state index in [1.54, 1.807) is 6.07 Å². The van der Waals surface area contributed by atoms with Crippen LogP contribution in [0, 0.1) is 10.1 Å². The first-order valence-electron chi connectivity index (χ1n) is 7.56. The van der Waals surface area contributed by atoms with Crippen LogP contribution in [0.5, 0.6) is 0 Å². The average molecular weight is 370 g/mol. The third-order valence-corrected chi connectivity index (χ3v) is 3.85. The third kappa shape index (κ3) is 6.00. The van der Waals surface area contributed by atoms with Crippen LogP contribution in [-0.2, 0) is 13.0 Å². The molecular weight excluding hydrogens is 349 g/mol. The normalized spacial score (nSPS) is 10.1. The summed E-state index contributed by atoms with van der Waals surface area (Å²) < 4.78 is 0. The minimum absolute atomic E-state index is 0. The van der Waals surface area contributed by atoms with E-state index in [2.05, 4.69) is 41.8 Å². The average Bonchev–Trinajstić information content (AvgIpc) is 2.56. The third-order valence-electron chi connectivity index (χ3n) is 3.54. The number of hydrogen-bond donors (Lipinski definition) is 2. The summed E-state index contributed by atoms with van der Waals surface area (Å²) in [6.45, 7) is 4.40. The zero-order chi connectivity index (χ0) is 16.7. The summed E-state index contributed by atoms with van der Waals surface area (Å²) in [7, 11) is 0. The molecule has 0 saturated carbocycles. The van der Waals surface area contributed by atoms with Crippen molar-refractivity contribution in [3.8, 4) is 0 Å². The van der Waals surface area contributed by atoms with E-state index in [1.807, 2.05) is 0 Å². The van der Waals surface area contributed by atoms with Gasteiger partial charge in [0.15, 0.2) is 0 Å². The molecule has 2 aromatic carbocycles. The number of aryl methyl sites for hydroxylation is 1. The fourth-order valence-corrected chi connectivity index (χ4v) is 2.41. The summed E-state index contributed by atoms with van der Waals surface area (Å²) in [5.41, 5.74) is 3.28. The number of anilines is 1. The lowest BCUT2D eigenvalue weighted by molar-refractivity contribution is -0.384. The van der Waals surface area contributed by atoms with Crippen molar-refractivity contribution in [3.05, 3.63) is 68.7 Å². The standard InChI is InChI=1S/C17H20ClN3O2.ClH/c1-2-13-3-5-14(6-4-13)12-19-9-10-20-17-8-7-15(21(22)23)11-16(17)18;/h3-8,11,19-20H,2,9-10,12H2,1H3;1H. The van der Waals surface area contributed by atoms with Crippen molar-refractivity contribution in [2.24, 2.45) is 0 Å². The van der Waals surface area contributed by atoms with Gasteiger partial charge in [0.1, 0.15) is 0 Å². The predicted molar refractivity (Wildman–Crippen MR) is 101 cm³/mol. The molecule has 0 aliphatic heterocycles. The monoisotopic (exact) mass is 369 g/mol. The van der Waals surface area contributed by atoms with E-state index in [-0.39, 0.29) is 18.1 Å². The Labute approximate surface area is 153 Å². The lowest BCUT2D eigenvalue weighted by atomic mass is 10.1. The van der Waals surface area contributed by atoms with Crippen LogP contribution in [0.15, 0.2) is 42.5 Å². The number of nitro groups is 1. The van der Waals surface area contributed by atoms with Gasteiger partial charge in [-0.2, -0.15) is 0 Å². The molecule has 0 heterocycles. The smallest absolute Gasteiger partial charge is 0.271 e. The molecular formula is C17H21Cl2N3O2. The minimum Gasteiger partial charge on any atom is -0.383 e. The summed E-state index contributed by atoms with van der Waals surface area (Å²) in [6, 6.07) is 13.0. The zero-order valence-corrected chi connectivity index (χ0v) is 15.0. The summed E-state index contributed by atoms with van der Waals surface area (Å²) in [6.07, 6.45) is 1.05. The molecule has 24 heavy (non-hydrogen) atoms. The number of nitro benzene ring substituents is 1. The van der Waals surface area contributed by atoms with Gasteiger partial charge in [-0.15, -0.1) is 12.4 Å². The highest BCUT2D eigenvalue weighted by Gasteiger charge is 2.08. The van der Waals surface area contributed by atoms with Crippen LogP contribution in [0.4, 0.5) is 11.4 Å². The Kier molecular flexibility index (Phi) is 8.54. The van der Waals surface area contributed by atoms with Gasteiger partial charge in [0.05, 0.1) is 15.6 Å². The summed E-state index contributed by atoms with van der Waals surface area (Å²) in [5.74, 6) is 0. The van der Waals surface area contributed by atoms with Gasteiger partial charge in [-0.1, -0.05) is 42.8 Å². The number of benzene rings is 2. The minimum atomic E-state index is -0.457. The van der Waals surface area contributed by atoms with E-state index in [1.165, 1.54) is 23.3 Å². The molecule has 0 aromatic heterocycles. The van der Waals surface area contributed by atoms with E-state index in [0.717, 1.165) is 19.5 Å². The van der Waals surface area contributed by atoms with E-state index in [0.29, 0.717) is 17.3 Å². The van der Waals surface area contributed by atoms with Crippen LogP contribution < -0.4 is 10.6 Å². The molecule has 0 radical (unpaired) electrons. The van der Waals surface area contributed by atoms with E-state index in [9.17, 15) is 10.1 Å². The molecule has 0 saturated heterocycles. The molecule has 5 nitrogen and oxygen atoms in total. The second-order valence-corrected chi connectivity index (χ2v) is 5.60. The molecule has 0 unspecified atom stereocenters. The second kappa shape index (κ2) is 10.1. The zero-order valence-electron chi connectivity index (χ0n) is 13.4. The molecule has 0 bridgehead atoms. The quantitative estimate of drug-likeness (QED) is 0.410. The molecule has 2 aromatic rings. The molecule has 2 rings (SSSR count). The van der Waals surface area contributed by atoms with E-state index in [4.69, 9.17) is 11.6 Å². The van der Waals surface area contributed by atoms with Gasteiger partial charge < -0.3 is 10.6 Å². The fourth-order valence-electron chi connectivity index (χ4n) is 2.17. The van der Waals surface area contributed by atoms with Gasteiger partial charge in [-0.25, -0.2) is 0 Å². The summed E-state index contributed by atoms with van der Waals surface area (Å²) >= 11 is 6.02. The lowest BCUT2D eigenvalue weighted by Gasteiger charge is -2.09. The number of halogens is 2. The van der Waals surface area contributed by atoms with Gasteiger partial charge >= 0.3 is 0 Å². The fraction of sp³-hybridized carbons (Fsp3) is 0.294. The van der Waals surface area contributed by atoms with Crippen molar-refractivity contribution in [1.29, 1.82) is 0 Å². The first kappa shape index (κ1) is 20.2. The van der Waals surface area contributed by atoms with Crippen LogP contribution in [0.1, 0.15) is 18.1 Å². The maximum atomic E-state index is 10.7. The Bertz CT molecular complexity index is 663. The van der Waals surface area contributed by atoms with Crippen molar-refractivity contribution in [2.75, 3.05) is 18.4 Å². The first-order chi connectivity index (χ1) is 11.1. The maximum absolute atomic E-state index is 10.7. The Morgan fingerprint density at radius 1 is 1.08 bits per heavy atom. The van der Waals surface area contributed by atoms with Crippen molar-refractivity contribution in [3.63, 3.8) is 0 Å². The number of hydrogen-bond acceptors (Lipinski definition) is 4. The van der Waals surface area contributed by atoms with Crippen LogP contribution in [-0.4, -0.2) is 18.0 Å². The molecule has 0 spiro atoms. The Morgan fingerprint density at radius 2 is 1.75 bits per heavy atom. The molecule has 0 aliphatic carbocycles. The molecule has 0 fully saturated rings. The largest absolute Gasteiger partial charge is 0.383 e. The Balaban J connectivity index is 0.00000288. The predicted octanol–water partition coefficient (Wildman–Crippen LogP) is 4.43. The Hall–Kier alpha value is -1.82. The second-order valence-electron chi connectivity index (χ2n) is 5.19. The topological polar surface area (TPSA) is 67.2 Å². The lowest BCUT2D eigenvalue weighted by Crippen LogP contribution is -2.21. The van der Waals surface area contributed by atoms with Gasteiger partial charge in [0.25, 0.3) is 5.69 Å². The molecule has 2 N–H and O–H groups in total. The van der Waals surface area contributed by atoms with Crippen LogP contribution >= 0.6 is 24.0 Å². The first-order valence-corrected chi connectivity index (χ1v) is 7.94. The van der Waals surface area contributed by atoms with Gasteiger partial charge in [-0.05, 0) is 23.6 Å². The van der Waals surface area contributed by atoms with Crippen LogP contribution in [0.25, 0.3) is 0 Å². The van der Waals surface area contributed by atoms with Crippen molar-refractivity contribution in [2.45, 2.75) is 19.9 Å². The highest BCUT2D eigenvalue weighted by molar-refractivity contribution is 6.33. The number of nitrogens with one attached hydrogen (secondary N) is 2. The van der Waals surface area contributed by atoms with E-state index >= 15 is 0 Å².